The van der Waals surface area contributed by atoms with Gasteiger partial charge in [-0.2, -0.15) is 0 Å². The van der Waals surface area contributed by atoms with Crippen LogP contribution in [0, 0.1) is 29.1 Å². The summed E-state index contributed by atoms with van der Waals surface area (Å²) >= 11 is 0. The van der Waals surface area contributed by atoms with Gasteiger partial charge in [-0.15, -0.1) is 0 Å². The minimum Gasteiger partial charge on any atom is -0.0654 e. The van der Waals surface area contributed by atoms with Gasteiger partial charge in [-0.25, -0.2) is 0 Å². The Labute approximate surface area is 179 Å². The smallest absolute Gasteiger partial charge is 0.0302 e. The Kier molecular flexibility index (Phi) is 11.6. The first kappa shape index (κ1) is 24.3. The van der Waals surface area contributed by atoms with Gasteiger partial charge in [0.25, 0.3) is 0 Å². The van der Waals surface area contributed by atoms with Crippen molar-refractivity contribution in [1.82, 2.24) is 0 Å². The minimum absolute atomic E-state index is 0.739. The second kappa shape index (κ2) is 13.3. The third-order valence-corrected chi connectivity index (χ3v) is 9.28. The van der Waals surface area contributed by atoms with E-state index in [-0.39, 0.29) is 0 Å². The molecule has 3 rings (SSSR count). The lowest BCUT2D eigenvalue weighted by Crippen LogP contribution is -2.30. The summed E-state index contributed by atoms with van der Waals surface area (Å²) in [5.41, 5.74) is 0.739. The van der Waals surface area contributed by atoms with Crippen molar-refractivity contribution in [2.45, 2.75) is 150 Å². The maximum absolute atomic E-state index is 2.38. The zero-order valence-corrected chi connectivity index (χ0v) is 20.2. The molecule has 3 unspecified atom stereocenters. The van der Waals surface area contributed by atoms with Crippen molar-refractivity contribution >= 4 is 0 Å². The fraction of sp³-hybridized carbons (Fsp3) is 1.00. The average molecular weight is 391 g/mol. The van der Waals surface area contributed by atoms with Crippen molar-refractivity contribution in [1.29, 1.82) is 0 Å². The Morgan fingerprint density at radius 2 is 1.25 bits per heavy atom. The molecule has 3 aliphatic carbocycles. The normalized spacial score (nSPS) is 30.2. The van der Waals surface area contributed by atoms with E-state index in [1.807, 2.05) is 0 Å². The second-order valence-electron chi connectivity index (χ2n) is 10.8. The molecule has 0 aromatic rings. The minimum atomic E-state index is 0.739. The van der Waals surface area contributed by atoms with E-state index in [2.05, 4.69) is 27.7 Å². The molecule has 3 atom stereocenters. The van der Waals surface area contributed by atoms with Crippen LogP contribution in [-0.2, 0) is 0 Å². The van der Waals surface area contributed by atoms with Gasteiger partial charge in [0.15, 0.2) is 0 Å². The molecular formula is C28H54. The number of unbranched alkanes of at least 4 members (excludes halogenated alkanes) is 2. The van der Waals surface area contributed by atoms with Crippen molar-refractivity contribution in [3.63, 3.8) is 0 Å². The highest BCUT2D eigenvalue weighted by Crippen LogP contribution is 2.46. The van der Waals surface area contributed by atoms with Gasteiger partial charge in [0.05, 0.1) is 0 Å². The summed E-state index contributed by atoms with van der Waals surface area (Å²) in [6.07, 6.45) is 28.5. The molecule has 0 heteroatoms. The van der Waals surface area contributed by atoms with E-state index in [4.69, 9.17) is 0 Å². The molecule has 0 aromatic heterocycles. The molecule has 166 valence electrons. The van der Waals surface area contributed by atoms with E-state index in [0.717, 1.165) is 29.1 Å². The Balaban J connectivity index is 0.000000200. The second-order valence-corrected chi connectivity index (χ2v) is 10.8. The molecule has 0 nitrogen and oxygen atoms in total. The van der Waals surface area contributed by atoms with Crippen LogP contribution in [0.4, 0.5) is 0 Å². The number of hydrogen-bond acceptors (Lipinski definition) is 0. The van der Waals surface area contributed by atoms with Gasteiger partial charge in [0.2, 0.25) is 0 Å². The highest BCUT2D eigenvalue weighted by atomic mass is 14.4. The molecule has 0 bridgehead atoms. The predicted molar refractivity (Wildman–Crippen MR) is 127 cm³/mol. The van der Waals surface area contributed by atoms with Crippen LogP contribution in [0.2, 0.25) is 0 Å². The third-order valence-electron chi connectivity index (χ3n) is 9.28. The Morgan fingerprint density at radius 3 is 1.89 bits per heavy atom. The van der Waals surface area contributed by atoms with Gasteiger partial charge in [-0.05, 0) is 61.2 Å². The zero-order chi connectivity index (χ0) is 20.2. The Hall–Kier alpha value is 0. The fourth-order valence-corrected chi connectivity index (χ4v) is 6.92. The summed E-state index contributed by atoms with van der Waals surface area (Å²) < 4.78 is 0. The van der Waals surface area contributed by atoms with Crippen molar-refractivity contribution < 1.29 is 0 Å². The molecule has 0 radical (unpaired) electrons. The first-order valence-electron chi connectivity index (χ1n) is 13.7. The summed E-state index contributed by atoms with van der Waals surface area (Å²) in [5, 5.41) is 0. The number of rotatable bonds is 8. The van der Waals surface area contributed by atoms with Crippen LogP contribution in [0.5, 0.6) is 0 Å². The first-order valence-corrected chi connectivity index (χ1v) is 13.7. The van der Waals surface area contributed by atoms with Crippen molar-refractivity contribution in [3.8, 4) is 0 Å². The molecule has 0 spiro atoms. The summed E-state index contributed by atoms with van der Waals surface area (Å²) in [4.78, 5) is 0. The van der Waals surface area contributed by atoms with E-state index in [0.29, 0.717) is 0 Å². The molecular weight excluding hydrogens is 336 g/mol. The highest BCUT2D eigenvalue weighted by Gasteiger charge is 2.34. The van der Waals surface area contributed by atoms with E-state index in [1.54, 1.807) is 25.7 Å². The molecule has 3 fully saturated rings. The van der Waals surface area contributed by atoms with Crippen LogP contribution in [-0.4, -0.2) is 0 Å². The fourth-order valence-electron chi connectivity index (χ4n) is 6.92. The lowest BCUT2D eigenvalue weighted by Gasteiger charge is -2.41. The lowest BCUT2D eigenvalue weighted by atomic mass is 9.64. The van der Waals surface area contributed by atoms with Gasteiger partial charge in [-0.3, -0.25) is 0 Å². The summed E-state index contributed by atoms with van der Waals surface area (Å²) in [6.45, 7) is 9.41. The quantitative estimate of drug-likeness (QED) is 0.386. The van der Waals surface area contributed by atoms with Gasteiger partial charge in [0.1, 0.15) is 0 Å². The molecule has 0 aliphatic heterocycles. The van der Waals surface area contributed by atoms with Crippen molar-refractivity contribution in [3.05, 3.63) is 0 Å². The molecule has 0 amide bonds. The predicted octanol–water partition coefficient (Wildman–Crippen LogP) is 9.96. The Morgan fingerprint density at radius 1 is 0.643 bits per heavy atom. The van der Waals surface area contributed by atoms with E-state index >= 15 is 0 Å². The first-order chi connectivity index (χ1) is 13.7. The largest absolute Gasteiger partial charge is 0.0654 e. The molecule has 0 heterocycles. The van der Waals surface area contributed by atoms with Crippen molar-refractivity contribution in [2.75, 3.05) is 0 Å². The average Bonchev–Trinajstić information content (AvgIpc) is 2.77. The summed E-state index contributed by atoms with van der Waals surface area (Å²) in [7, 11) is 0. The van der Waals surface area contributed by atoms with Gasteiger partial charge in [0, 0.05) is 0 Å². The molecule has 0 saturated heterocycles. The van der Waals surface area contributed by atoms with Crippen molar-refractivity contribution in [2.24, 2.45) is 29.1 Å². The zero-order valence-electron chi connectivity index (χ0n) is 20.2. The third kappa shape index (κ3) is 7.36. The number of fused-ring (bicyclic) bond motifs is 1. The topological polar surface area (TPSA) is 0 Å². The molecule has 0 N–H and O–H groups in total. The molecule has 0 aromatic carbocycles. The lowest BCUT2D eigenvalue weighted by molar-refractivity contribution is 0.0965. The maximum atomic E-state index is 2.38. The maximum Gasteiger partial charge on any atom is -0.0302 e. The van der Waals surface area contributed by atoms with Crippen LogP contribution in [0.15, 0.2) is 0 Å². The highest BCUT2D eigenvalue weighted by molar-refractivity contribution is 4.85. The van der Waals surface area contributed by atoms with E-state index < -0.39 is 0 Å². The van der Waals surface area contributed by atoms with Crippen LogP contribution in [0.25, 0.3) is 0 Å². The molecule has 28 heavy (non-hydrogen) atoms. The molecule has 3 aliphatic rings. The SMILES string of the molecule is CCCCC1CCC(CC)(CC)CC1.CCCCC1CCCC2CCCCC12. The number of hydrogen-bond donors (Lipinski definition) is 0. The Bertz CT molecular complexity index is 367. The molecule has 3 saturated carbocycles. The van der Waals surface area contributed by atoms with Gasteiger partial charge < -0.3 is 0 Å². The van der Waals surface area contributed by atoms with Crippen LogP contribution in [0.3, 0.4) is 0 Å². The summed E-state index contributed by atoms with van der Waals surface area (Å²) in [6, 6.07) is 0. The summed E-state index contributed by atoms with van der Waals surface area (Å²) in [5.74, 6) is 4.47. The van der Waals surface area contributed by atoms with Crippen LogP contribution < -0.4 is 0 Å². The van der Waals surface area contributed by atoms with Crippen LogP contribution >= 0.6 is 0 Å². The standard InChI is InChI=1S/C14H26.C14H28/c1-2-3-7-12-9-6-10-13-8-4-5-11-14(12)13;1-4-7-8-13-9-11-14(5-2,6-3)12-10-13/h12-14H,2-11H2,1H3;13H,4-12H2,1-3H3. The van der Waals surface area contributed by atoms with E-state index in [9.17, 15) is 0 Å². The monoisotopic (exact) mass is 390 g/mol. The van der Waals surface area contributed by atoms with Crippen LogP contribution in [0.1, 0.15) is 150 Å². The van der Waals surface area contributed by atoms with Gasteiger partial charge >= 0.3 is 0 Å². The van der Waals surface area contributed by atoms with Gasteiger partial charge in [-0.1, -0.05) is 118 Å². The van der Waals surface area contributed by atoms with E-state index in [1.165, 1.54) is 96.3 Å².